The molecule has 3 radical (unpaired) electrons. The summed E-state index contributed by atoms with van der Waals surface area (Å²) in [7, 11) is 3.34. The van der Waals surface area contributed by atoms with Gasteiger partial charge in [-0.2, -0.15) is 0 Å². The molecule has 0 atom stereocenters. The van der Waals surface area contributed by atoms with Crippen LogP contribution in [0.15, 0.2) is 16.6 Å². The van der Waals surface area contributed by atoms with Gasteiger partial charge in [0.05, 0.1) is 20.3 Å². The van der Waals surface area contributed by atoms with E-state index < -0.39 is 0 Å². The van der Waals surface area contributed by atoms with Crippen LogP contribution in [-0.4, -0.2) is 10.2 Å². The van der Waals surface area contributed by atoms with Crippen molar-refractivity contribution < 1.29 is 0 Å². The first kappa shape index (κ1) is 8.59. The molecule has 0 aliphatic heterocycles. The molecule has 1 rings (SSSR count). The fraction of sp³-hybridized carbons (Fsp3) is 0. The van der Waals surface area contributed by atoms with E-state index in [9.17, 15) is 0 Å². The molecule has 0 aromatic heterocycles. The van der Waals surface area contributed by atoms with E-state index in [0.29, 0.717) is 10.0 Å². The fourth-order valence-corrected chi connectivity index (χ4v) is 1.60. The molecule has 10 heavy (non-hydrogen) atoms. The number of hydrogen-bond acceptors (Lipinski definition) is 0. The molecule has 0 bridgehead atoms. The van der Waals surface area contributed by atoms with Gasteiger partial charge in [-0.05, 0) is 22.0 Å². The Morgan fingerprint density at radius 1 is 1.30 bits per heavy atom. The molecule has 0 saturated carbocycles. The second kappa shape index (κ2) is 3.26. The van der Waals surface area contributed by atoms with Gasteiger partial charge >= 0.3 is 0 Å². The lowest BCUT2D eigenvalue weighted by Crippen LogP contribution is -2.03. The van der Waals surface area contributed by atoms with Gasteiger partial charge < -0.3 is 0 Å². The first-order valence-corrected chi connectivity index (χ1v) is 4.53. The van der Waals surface area contributed by atoms with Gasteiger partial charge in [0.15, 0.2) is 0 Å². The highest BCUT2D eigenvalue weighted by Gasteiger charge is 2.03. The van der Waals surface area contributed by atoms with Crippen LogP contribution in [0.4, 0.5) is 0 Å². The minimum atomic E-state index is 0.536. The quantitative estimate of drug-likeness (QED) is 0.492. The van der Waals surface area contributed by atoms with E-state index in [1.807, 2.05) is 6.07 Å². The highest BCUT2D eigenvalue weighted by molar-refractivity contribution is 9.10. The molecule has 0 saturated heterocycles. The summed E-state index contributed by atoms with van der Waals surface area (Å²) in [4.78, 5) is 0. The molecule has 0 aliphatic carbocycles. The molecule has 0 amide bonds. The van der Waals surface area contributed by atoms with E-state index in [1.54, 1.807) is 6.07 Å². The first-order chi connectivity index (χ1) is 4.63. The molecular weight excluding hydrogens is 251 g/mol. The van der Waals surface area contributed by atoms with Crippen molar-refractivity contribution in [2.24, 2.45) is 0 Å². The topological polar surface area (TPSA) is 0 Å². The summed E-state index contributed by atoms with van der Waals surface area (Å²) in [5, 5.41) is 1.99. The summed E-state index contributed by atoms with van der Waals surface area (Å²) in [6.07, 6.45) is 0. The van der Waals surface area contributed by atoms with Gasteiger partial charge in [0, 0.05) is 4.47 Å². The van der Waals surface area contributed by atoms with Crippen LogP contribution < -0.4 is 5.19 Å². The molecule has 0 spiro atoms. The van der Waals surface area contributed by atoms with Crippen molar-refractivity contribution in [3.63, 3.8) is 0 Å². The van der Waals surface area contributed by atoms with Crippen molar-refractivity contribution in [1.29, 1.82) is 0 Å². The van der Waals surface area contributed by atoms with Crippen LogP contribution in [0.3, 0.4) is 0 Å². The number of rotatable bonds is 0. The van der Waals surface area contributed by atoms with Gasteiger partial charge in [0.25, 0.3) is 0 Å². The molecule has 1 aromatic carbocycles. The largest absolute Gasteiger partial charge is 0.0827 e. The standard InChI is InChI=1S/C6H2BrCl2Si/c7-5-4(10)2-1-3(8)6(5)9/h1-2H. The average molecular weight is 253 g/mol. The zero-order valence-corrected chi connectivity index (χ0v) is 8.89. The fourth-order valence-electron chi connectivity index (χ4n) is 0.526. The maximum absolute atomic E-state index is 5.77. The Hall–Kier alpha value is 0.497. The molecule has 0 heterocycles. The Morgan fingerprint density at radius 3 is 2.40 bits per heavy atom. The van der Waals surface area contributed by atoms with Crippen LogP contribution in [0.25, 0.3) is 0 Å². The molecule has 51 valence electrons. The summed E-state index contributed by atoms with van der Waals surface area (Å²) in [5.41, 5.74) is 0. The highest BCUT2D eigenvalue weighted by atomic mass is 79.9. The summed E-state index contributed by atoms with van der Waals surface area (Å²) in [6, 6.07) is 3.56. The zero-order chi connectivity index (χ0) is 7.72. The number of benzene rings is 1. The average Bonchev–Trinajstić information content (AvgIpc) is 1.93. The van der Waals surface area contributed by atoms with Crippen LogP contribution in [0, 0.1) is 0 Å². The van der Waals surface area contributed by atoms with E-state index in [0.717, 1.165) is 9.66 Å². The Balaban J connectivity index is 3.34. The molecule has 0 fully saturated rings. The normalized spacial score (nSPS) is 10.0. The van der Waals surface area contributed by atoms with Crippen LogP contribution in [0.5, 0.6) is 0 Å². The third kappa shape index (κ3) is 1.56. The summed E-state index contributed by atoms with van der Waals surface area (Å²) in [5.74, 6) is 0. The minimum Gasteiger partial charge on any atom is -0.0827 e. The smallest absolute Gasteiger partial charge is 0.0732 e. The van der Waals surface area contributed by atoms with Crippen molar-refractivity contribution in [2.75, 3.05) is 0 Å². The van der Waals surface area contributed by atoms with Gasteiger partial charge in [-0.3, -0.25) is 0 Å². The number of hydrogen-bond donors (Lipinski definition) is 0. The van der Waals surface area contributed by atoms with Crippen molar-refractivity contribution >= 4 is 54.6 Å². The molecular formula is C6H2BrCl2Si. The SMILES string of the molecule is [Si]c1ccc(Cl)c(Cl)c1Br. The Kier molecular flexibility index (Phi) is 2.80. The second-order valence-corrected chi connectivity index (χ2v) is 3.84. The maximum Gasteiger partial charge on any atom is 0.0732 e. The van der Waals surface area contributed by atoms with E-state index in [4.69, 9.17) is 23.2 Å². The first-order valence-electron chi connectivity index (χ1n) is 2.48. The van der Waals surface area contributed by atoms with Gasteiger partial charge in [0.1, 0.15) is 0 Å². The van der Waals surface area contributed by atoms with Crippen molar-refractivity contribution in [1.82, 2.24) is 0 Å². The van der Waals surface area contributed by atoms with Crippen molar-refractivity contribution in [3.05, 3.63) is 26.7 Å². The molecule has 0 N–H and O–H groups in total. The van der Waals surface area contributed by atoms with E-state index >= 15 is 0 Å². The minimum absolute atomic E-state index is 0.536. The van der Waals surface area contributed by atoms with Crippen LogP contribution in [0.1, 0.15) is 0 Å². The third-order valence-corrected chi connectivity index (χ3v) is 3.67. The summed E-state index contributed by atoms with van der Waals surface area (Å²) in [6.45, 7) is 0. The Bertz CT molecular complexity index is 235. The molecule has 0 aliphatic rings. The summed E-state index contributed by atoms with van der Waals surface area (Å²) < 4.78 is 0.790. The molecule has 1 aromatic rings. The van der Waals surface area contributed by atoms with Gasteiger partial charge in [-0.25, -0.2) is 0 Å². The predicted molar refractivity (Wildman–Crippen MR) is 49.6 cm³/mol. The van der Waals surface area contributed by atoms with E-state index in [-0.39, 0.29) is 0 Å². The number of halogens is 3. The van der Waals surface area contributed by atoms with Gasteiger partial charge in [-0.1, -0.05) is 34.5 Å². The molecule has 0 unspecified atom stereocenters. The summed E-state index contributed by atoms with van der Waals surface area (Å²) >= 11 is 14.7. The van der Waals surface area contributed by atoms with Gasteiger partial charge in [-0.15, -0.1) is 0 Å². The zero-order valence-electron chi connectivity index (χ0n) is 4.79. The molecule has 0 nitrogen and oxygen atoms in total. The predicted octanol–water partition coefficient (Wildman–Crippen LogP) is 2.55. The third-order valence-electron chi connectivity index (χ3n) is 1.04. The Labute approximate surface area is 81.1 Å². The second-order valence-electron chi connectivity index (χ2n) is 1.72. The lowest BCUT2D eigenvalue weighted by Gasteiger charge is -2.00. The Morgan fingerprint density at radius 2 is 1.90 bits per heavy atom. The van der Waals surface area contributed by atoms with Crippen LogP contribution in [-0.2, 0) is 0 Å². The highest BCUT2D eigenvalue weighted by Crippen LogP contribution is 2.27. The monoisotopic (exact) mass is 251 g/mol. The van der Waals surface area contributed by atoms with Crippen molar-refractivity contribution in [3.8, 4) is 0 Å². The van der Waals surface area contributed by atoms with Crippen LogP contribution >= 0.6 is 39.1 Å². The maximum atomic E-state index is 5.77. The van der Waals surface area contributed by atoms with Crippen molar-refractivity contribution in [2.45, 2.75) is 0 Å². The van der Waals surface area contributed by atoms with E-state index in [1.165, 1.54) is 0 Å². The lowest BCUT2D eigenvalue weighted by atomic mass is 10.4. The van der Waals surface area contributed by atoms with Gasteiger partial charge in [0.2, 0.25) is 0 Å². The van der Waals surface area contributed by atoms with Crippen LogP contribution in [0.2, 0.25) is 10.0 Å². The van der Waals surface area contributed by atoms with E-state index in [2.05, 4.69) is 26.2 Å². The molecule has 4 heteroatoms. The lowest BCUT2D eigenvalue weighted by molar-refractivity contribution is 1.71.